The highest BCUT2D eigenvalue weighted by atomic mass is 32.2. The first-order chi connectivity index (χ1) is 14.5. The fraction of sp³-hybridized carbons (Fsp3) is 0.500. The average molecular weight is 452 g/mol. The maximum Gasteiger partial charge on any atom is 0.352 e. The number of carboxylic acid groups (broad SMARTS) is 1. The van der Waals surface area contributed by atoms with Gasteiger partial charge in [0.25, 0.3) is 11.8 Å². The monoisotopic (exact) mass is 451 g/mol. The van der Waals surface area contributed by atoms with Crippen molar-refractivity contribution in [2.75, 3.05) is 11.5 Å². The summed E-state index contributed by atoms with van der Waals surface area (Å²) < 4.78 is 0. The van der Waals surface area contributed by atoms with Crippen LogP contribution in [-0.4, -0.2) is 61.8 Å². The van der Waals surface area contributed by atoms with Crippen molar-refractivity contribution in [3.05, 3.63) is 22.8 Å². The van der Waals surface area contributed by atoms with Crippen LogP contribution in [0.4, 0.5) is 5.13 Å². The van der Waals surface area contributed by atoms with Crippen LogP contribution in [0.1, 0.15) is 37.8 Å². The number of thioether (sulfide) groups is 1. The molecule has 12 heteroatoms. The second kappa shape index (κ2) is 8.64. The van der Waals surface area contributed by atoms with E-state index in [1.807, 2.05) is 0 Å². The normalized spacial score (nSPS) is 24.5. The van der Waals surface area contributed by atoms with E-state index in [9.17, 15) is 19.5 Å². The van der Waals surface area contributed by atoms with Crippen molar-refractivity contribution in [1.29, 1.82) is 0 Å². The van der Waals surface area contributed by atoms with Gasteiger partial charge in [-0.25, -0.2) is 9.78 Å². The molecule has 0 radical (unpaired) electrons. The predicted molar refractivity (Wildman–Crippen MR) is 112 cm³/mol. The van der Waals surface area contributed by atoms with Crippen LogP contribution >= 0.6 is 23.1 Å². The van der Waals surface area contributed by atoms with Gasteiger partial charge in [-0.05, 0) is 31.8 Å². The highest BCUT2D eigenvalue weighted by Crippen LogP contribution is 2.37. The molecule has 1 saturated heterocycles. The van der Waals surface area contributed by atoms with E-state index in [-0.39, 0.29) is 28.3 Å². The van der Waals surface area contributed by atoms with Crippen molar-refractivity contribution >= 4 is 51.7 Å². The van der Waals surface area contributed by atoms with E-state index in [1.54, 1.807) is 5.38 Å². The number of carbonyl (C=O) groups excluding carboxylic acids is 2. The number of amides is 2. The fourth-order valence-electron chi connectivity index (χ4n) is 3.65. The third-order valence-electron chi connectivity index (χ3n) is 5.18. The topological polar surface area (TPSA) is 147 Å². The lowest BCUT2D eigenvalue weighted by Crippen LogP contribution is -2.70. The zero-order chi connectivity index (χ0) is 21.3. The molecule has 0 aromatic carbocycles. The molecule has 30 heavy (non-hydrogen) atoms. The van der Waals surface area contributed by atoms with E-state index >= 15 is 0 Å². The first-order valence-electron chi connectivity index (χ1n) is 9.60. The number of carbonyl (C=O) groups is 3. The molecule has 4 N–H and O–H groups in total. The smallest absolute Gasteiger partial charge is 0.352 e. The Morgan fingerprint density at radius 3 is 2.77 bits per heavy atom. The molecule has 0 bridgehead atoms. The third-order valence-corrected chi connectivity index (χ3v) is 7.03. The second-order valence-electron chi connectivity index (χ2n) is 7.15. The van der Waals surface area contributed by atoms with Crippen LogP contribution in [0.15, 0.2) is 22.3 Å². The molecule has 160 valence electrons. The van der Waals surface area contributed by atoms with Gasteiger partial charge in [0.2, 0.25) is 0 Å². The van der Waals surface area contributed by atoms with Gasteiger partial charge in [-0.2, -0.15) is 0 Å². The van der Waals surface area contributed by atoms with Crippen molar-refractivity contribution in [3.8, 4) is 0 Å². The quantitative estimate of drug-likeness (QED) is 0.331. The molecule has 3 heterocycles. The molecule has 1 aromatic rings. The maximum atomic E-state index is 13.0. The molecule has 2 amide bonds. The number of nitrogens with zero attached hydrogens (tertiary/aromatic N) is 3. The molecule has 3 aliphatic rings. The Morgan fingerprint density at radius 2 is 2.10 bits per heavy atom. The van der Waals surface area contributed by atoms with E-state index in [1.165, 1.54) is 34.1 Å². The summed E-state index contributed by atoms with van der Waals surface area (Å²) in [6, 6.07) is -0.846. The van der Waals surface area contributed by atoms with Gasteiger partial charge in [0.05, 0.1) is 0 Å². The molecule has 1 aromatic heterocycles. The Morgan fingerprint density at radius 1 is 1.33 bits per heavy atom. The van der Waals surface area contributed by atoms with Gasteiger partial charge in [0.15, 0.2) is 10.8 Å². The molecule has 1 unspecified atom stereocenters. The first-order valence-corrected chi connectivity index (χ1v) is 11.5. The summed E-state index contributed by atoms with van der Waals surface area (Å²) in [4.78, 5) is 47.7. The predicted octanol–water partition coefficient (Wildman–Crippen LogP) is 1.15. The number of oxime groups is 1. The summed E-state index contributed by atoms with van der Waals surface area (Å²) in [5.74, 6) is -1.81. The summed E-state index contributed by atoms with van der Waals surface area (Å²) in [5, 5.41) is 17.4. The van der Waals surface area contributed by atoms with Gasteiger partial charge >= 0.3 is 5.97 Å². The number of nitrogens with two attached hydrogens (primary N) is 1. The number of anilines is 1. The van der Waals surface area contributed by atoms with Gasteiger partial charge in [-0.15, -0.1) is 23.1 Å². The Labute approximate surface area is 180 Å². The number of hydrogen-bond acceptors (Lipinski definition) is 9. The summed E-state index contributed by atoms with van der Waals surface area (Å²) in [6.45, 7) is 0. The minimum atomic E-state index is -1.17. The van der Waals surface area contributed by atoms with Gasteiger partial charge < -0.3 is 21.0 Å². The minimum Gasteiger partial charge on any atom is -0.477 e. The minimum absolute atomic E-state index is 0.0467. The van der Waals surface area contributed by atoms with Gasteiger partial charge in [0.1, 0.15) is 28.9 Å². The van der Waals surface area contributed by atoms with Gasteiger partial charge in [-0.3, -0.25) is 14.5 Å². The van der Waals surface area contributed by atoms with Gasteiger partial charge in [-0.1, -0.05) is 11.6 Å². The molecule has 1 aliphatic carbocycles. The summed E-state index contributed by atoms with van der Waals surface area (Å²) in [6.07, 6.45) is 6.43. The highest BCUT2D eigenvalue weighted by Gasteiger charge is 2.53. The number of aromatic nitrogens is 1. The van der Waals surface area contributed by atoms with Crippen molar-refractivity contribution in [2.45, 2.75) is 49.6 Å². The first kappa shape index (κ1) is 20.7. The van der Waals surface area contributed by atoms with E-state index in [4.69, 9.17) is 10.6 Å². The van der Waals surface area contributed by atoms with E-state index in [0.717, 1.165) is 32.1 Å². The Kier molecular flexibility index (Phi) is 5.95. The molecule has 2 aliphatic heterocycles. The number of β-lactam (4-membered cyclic amide) rings is 1. The second-order valence-corrected chi connectivity index (χ2v) is 9.19. The number of nitrogens with one attached hydrogen (secondary N) is 1. The van der Waals surface area contributed by atoms with Crippen molar-refractivity contribution in [3.63, 3.8) is 0 Å². The van der Waals surface area contributed by atoms with Crippen LogP contribution < -0.4 is 11.1 Å². The van der Waals surface area contributed by atoms with Crippen molar-refractivity contribution < 1.29 is 24.3 Å². The summed E-state index contributed by atoms with van der Waals surface area (Å²) in [7, 11) is 0. The zero-order valence-electron chi connectivity index (χ0n) is 15.9. The molecule has 4 rings (SSSR count). The Bertz CT molecular complexity index is 924. The molecule has 2 fully saturated rings. The number of fused-ring (bicyclic) bond motifs is 1. The number of carboxylic acids is 1. The van der Waals surface area contributed by atoms with Crippen LogP contribution in [0.3, 0.4) is 0 Å². The lowest BCUT2D eigenvalue weighted by molar-refractivity contribution is -0.150. The molecular formula is C18H21N5O5S2. The summed E-state index contributed by atoms with van der Waals surface area (Å²) >= 11 is 2.55. The van der Waals surface area contributed by atoms with Crippen molar-refractivity contribution in [2.24, 2.45) is 5.16 Å². The Hall–Kier alpha value is -2.60. The molecule has 0 spiro atoms. The summed E-state index contributed by atoms with van der Waals surface area (Å²) in [5.41, 5.74) is 5.87. The Balaban J connectivity index is 1.49. The lowest BCUT2D eigenvalue weighted by atomic mass is 9.98. The fourth-order valence-corrected chi connectivity index (χ4v) is 5.39. The number of rotatable bonds is 6. The molecule has 1 saturated carbocycles. The largest absolute Gasteiger partial charge is 0.477 e. The average Bonchev–Trinajstić information content (AvgIpc) is 3.18. The van der Waals surface area contributed by atoms with Gasteiger partial charge in [0, 0.05) is 11.1 Å². The number of thiazole rings is 1. The zero-order valence-corrected chi connectivity index (χ0v) is 17.6. The number of nitrogen functional groups attached to an aromatic ring is 1. The molecular weight excluding hydrogens is 430 g/mol. The van der Waals surface area contributed by atoms with E-state index in [0.29, 0.717) is 5.75 Å². The van der Waals surface area contributed by atoms with E-state index in [2.05, 4.69) is 15.5 Å². The third kappa shape index (κ3) is 4.01. The SMILES string of the molecule is Nc1nc(C(=NOC2CCCCC2)C(=O)NC2C(=O)N3C(C(=O)O)=CCS[C@H]23)cs1. The van der Waals surface area contributed by atoms with E-state index < -0.39 is 29.2 Å². The van der Waals surface area contributed by atoms with Crippen LogP contribution in [0.25, 0.3) is 0 Å². The standard InChI is InChI=1S/C18H21N5O5S2/c19-18-20-10(8-30-18)12(22-28-9-4-2-1-3-5-9)14(24)21-13-15(25)23-11(17(26)27)6-7-29-16(13)23/h6,8-9,13,16H,1-5,7H2,(H2,19,20)(H,21,24)(H,26,27)/t13?,16-/m1/s1. The van der Waals surface area contributed by atoms with Crippen LogP contribution in [0.2, 0.25) is 0 Å². The van der Waals surface area contributed by atoms with Crippen LogP contribution in [-0.2, 0) is 19.2 Å². The lowest BCUT2D eigenvalue weighted by Gasteiger charge is -2.48. The van der Waals surface area contributed by atoms with Crippen LogP contribution in [0, 0.1) is 0 Å². The molecule has 10 nitrogen and oxygen atoms in total. The number of hydrogen-bond donors (Lipinski definition) is 3. The number of aliphatic carboxylic acids is 1. The van der Waals surface area contributed by atoms with Crippen LogP contribution in [0.5, 0.6) is 0 Å². The molecule has 2 atom stereocenters. The maximum absolute atomic E-state index is 13.0. The highest BCUT2D eigenvalue weighted by molar-refractivity contribution is 8.00. The van der Waals surface area contributed by atoms with Crippen molar-refractivity contribution in [1.82, 2.24) is 15.2 Å².